The van der Waals surface area contributed by atoms with Crippen molar-refractivity contribution in [3.05, 3.63) is 0 Å². The van der Waals surface area contributed by atoms with Crippen molar-refractivity contribution >= 4 is 48.2 Å². The van der Waals surface area contributed by atoms with Crippen LogP contribution in [-0.2, 0) is 4.57 Å². The van der Waals surface area contributed by atoms with Gasteiger partial charge in [0, 0.05) is 17.4 Å². The Morgan fingerprint density at radius 3 is 1.14 bits per heavy atom. The Morgan fingerprint density at radius 1 is 1.14 bits per heavy atom. The van der Waals surface area contributed by atoms with Crippen LogP contribution in [0.2, 0.25) is 0 Å². The Morgan fingerprint density at radius 2 is 1.14 bits per heavy atom. The normalized spacial score (nSPS) is 8.43. The number of phosphoric acid groups is 1. The van der Waals surface area contributed by atoms with Gasteiger partial charge in [-0.15, -0.1) is 0 Å². The Balaban J connectivity index is -0.0000000800. The van der Waals surface area contributed by atoms with Crippen LogP contribution in [-0.4, -0.2) is 40.4 Å². The molecule has 0 fully saturated rings. The Hall–Kier alpha value is 1.41. The third kappa shape index (κ3) is 109. The zero-order chi connectivity index (χ0) is 4.50. The van der Waals surface area contributed by atoms with Gasteiger partial charge in [0.2, 0.25) is 0 Å². The first kappa shape index (κ1) is 15.8. The zero-order valence-electron chi connectivity index (χ0n) is 3.36. The van der Waals surface area contributed by atoms with Crippen LogP contribution in [0.25, 0.3) is 0 Å². The van der Waals surface area contributed by atoms with Crippen molar-refractivity contribution in [2.24, 2.45) is 0 Å². The summed E-state index contributed by atoms with van der Waals surface area (Å²) < 4.78 is 8.55. The largest absolute Gasteiger partial charge is 2.00 e. The number of hydrogen-bond acceptors (Lipinski definition) is 4. The van der Waals surface area contributed by atoms with Crippen molar-refractivity contribution in [1.29, 1.82) is 0 Å². The monoisotopic (exact) mass is 146 g/mol. The third-order valence-corrected chi connectivity index (χ3v) is 0. The van der Waals surface area contributed by atoms with E-state index in [1.165, 1.54) is 0 Å². The van der Waals surface area contributed by atoms with Crippen LogP contribution in [0.5, 0.6) is 0 Å². The third-order valence-electron chi connectivity index (χ3n) is 0. The molecule has 0 aromatic heterocycles. The summed E-state index contributed by atoms with van der Waals surface area (Å²) in [5, 5.41) is 0. The molecule has 0 saturated carbocycles. The second-order valence-electron chi connectivity index (χ2n) is 0.447. The summed E-state index contributed by atoms with van der Waals surface area (Å²) in [4.78, 5) is 25.6. The first-order valence-electron chi connectivity index (χ1n) is 0.730. The van der Waals surface area contributed by atoms with Gasteiger partial charge in [-0.25, -0.2) is 0 Å². The van der Waals surface area contributed by atoms with E-state index in [4.69, 9.17) is 19.2 Å². The van der Waals surface area contributed by atoms with Gasteiger partial charge >= 0.3 is 23.1 Å². The number of rotatable bonds is 0. The van der Waals surface area contributed by atoms with Gasteiger partial charge in [0.25, 0.3) is 0 Å². The molecule has 3 radical (unpaired) electrons. The van der Waals surface area contributed by atoms with Gasteiger partial charge < -0.3 is 19.2 Å². The first-order chi connectivity index (χ1) is 2.00. The summed E-state index contributed by atoms with van der Waals surface area (Å²) in [5.41, 5.74) is 0. The summed E-state index contributed by atoms with van der Waals surface area (Å²) in [6.07, 6.45) is 0. The van der Waals surface area contributed by atoms with Crippen LogP contribution >= 0.6 is 7.82 Å². The standard InChI is InChI=1S/Al.Mg.H3O4P/c;;1-5(2,3)4/h;;(H3,1,2,3,4)/q;+2;/p-3. The summed E-state index contributed by atoms with van der Waals surface area (Å²) in [7, 11) is -5.39. The Labute approximate surface area is 67.5 Å². The molecule has 0 rings (SSSR count). The van der Waals surface area contributed by atoms with Crippen LogP contribution in [0.4, 0.5) is 0 Å². The molecule has 0 aromatic rings. The second kappa shape index (κ2) is 5.54. The van der Waals surface area contributed by atoms with Crippen LogP contribution < -0.4 is 14.7 Å². The van der Waals surface area contributed by atoms with Gasteiger partial charge in [-0.05, 0) is 0 Å². The van der Waals surface area contributed by atoms with Crippen molar-refractivity contribution in [2.75, 3.05) is 0 Å². The fraction of sp³-hybridized carbons (Fsp3) is 0. The van der Waals surface area contributed by atoms with E-state index in [1.807, 2.05) is 0 Å². The van der Waals surface area contributed by atoms with Gasteiger partial charge in [-0.2, -0.15) is 7.82 Å². The maximum absolute atomic E-state index is 8.55. The SMILES string of the molecule is O=P([O-])([O-])[O-].[Al].[Mg+2]. The molecule has 0 bridgehead atoms. The maximum Gasteiger partial charge on any atom is 2.00 e. The van der Waals surface area contributed by atoms with E-state index in [0.29, 0.717) is 0 Å². The van der Waals surface area contributed by atoms with E-state index in [9.17, 15) is 0 Å². The van der Waals surface area contributed by atoms with Gasteiger partial charge in [-0.3, -0.25) is 0 Å². The molecule has 0 heterocycles. The molecule has 0 aliphatic carbocycles. The molecule has 0 amide bonds. The topological polar surface area (TPSA) is 86.2 Å². The van der Waals surface area contributed by atoms with Gasteiger partial charge in [0.05, 0.1) is 0 Å². The second-order valence-corrected chi connectivity index (χ2v) is 1.34. The smallest absolute Gasteiger partial charge is 0.822 e. The summed E-state index contributed by atoms with van der Waals surface area (Å²) in [6, 6.07) is 0. The molecule has 7 heteroatoms. The van der Waals surface area contributed by atoms with Crippen molar-refractivity contribution in [2.45, 2.75) is 0 Å². The zero-order valence-corrected chi connectivity index (χ0v) is 6.83. The van der Waals surface area contributed by atoms with E-state index in [-0.39, 0.29) is 40.4 Å². The molecule has 0 saturated heterocycles. The van der Waals surface area contributed by atoms with Crippen LogP contribution in [0.3, 0.4) is 0 Å². The molecule has 0 unspecified atom stereocenters. The Bertz CT molecular complexity index is 57.8. The number of hydrogen-bond donors (Lipinski definition) is 0. The van der Waals surface area contributed by atoms with Gasteiger partial charge in [0.1, 0.15) is 0 Å². The molecule has 0 aliphatic rings. The minimum atomic E-state index is -5.39. The minimum absolute atomic E-state index is 0. The molecular formula is AlMgO4P-. The molecule has 0 atom stereocenters. The molecule has 0 N–H and O–H groups in total. The van der Waals surface area contributed by atoms with E-state index in [0.717, 1.165) is 0 Å². The predicted octanol–water partition coefficient (Wildman–Crippen LogP) is -3.59. The fourth-order valence-electron chi connectivity index (χ4n) is 0. The maximum atomic E-state index is 8.55. The molecule has 7 heavy (non-hydrogen) atoms. The summed E-state index contributed by atoms with van der Waals surface area (Å²) >= 11 is 0. The molecule has 0 aliphatic heterocycles. The van der Waals surface area contributed by atoms with E-state index >= 15 is 0 Å². The predicted molar refractivity (Wildman–Crippen MR) is 19.1 cm³/mol. The van der Waals surface area contributed by atoms with Gasteiger partial charge in [-0.1, -0.05) is 0 Å². The van der Waals surface area contributed by atoms with E-state index in [2.05, 4.69) is 0 Å². The van der Waals surface area contributed by atoms with Crippen LogP contribution in [0.15, 0.2) is 0 Å². The summed E-state index contributed by atoms with van der Waals surface area (Å²) in [5.74, 6) is 0. The van der Waals surface area contributed by atoms with E-state index < -0.39 is 7.82 Å². The quantitative estimate of drug-likeness (QED) is 0.261. The van der Waals surface area contributed by atoms with Gasteiger partial charge in [0.15, 0.2) is 0 Å². The fourth-order valence-corrected chi connectivity index (χ4v) is 0. The summed E-state index contributed by atoms with van der Waals surface area (Å²) in [6.45, 7) is 0. The average Bonchev–Trinajstić information content (AvgIpc) is 0.722. The molecule has 0 aromatic carbocycles. The van der Waals surface area contributed by atoms with Crippen LogP contribution in [0.1, 0.15) is 0 Å². The first-order valence-corrected chi connectivity index (χ1v) is 2.19. The van der Waals surface area contributed by atoms with Crippen molar-refractivity contribution in [3.63, 3.8) is 0 Å². The van der Waals surface area contributed by atoms with Crippen molar-refractivity contribution in [1.82, 2.24) is 0 Å². The average molecular weight is 146 g/mol. The molecule has 35 valence electrons. The molecule has 4 nitrogen and oxygen atoms in total. The van der Waals surface area contributed by atoms with Crippen LogP contribution in [0, 0.1) is 0 Å². The molecular weight excluding hydrogens is 146 g/mol. The molecule has 0 spiro atoms. The van der Waals surface area contributed by atoms with Crippen molar-refractivity contribution in [3.8, 4) is 0 Å². The van der Waals surface area contributed by atoms with E-state index in [1.54, 1.807) is 0 Å². The minimum Gasteiger partial charge on any atom is -0.822 e. The van der Waals surface area contributed by atoms with Crippen molar-refractivity contribution < 1.29 is 19.2 Å². The Kier molecular flexibility index (Phi) is 12.5.